The second-order valence-electron chi connectivity index (χ2n) is 7.37. The highest BCUT2D eigenvalue weighted by Gasteiger charge is 2.35. The largest absolute Gasteiger partial charge is 0.495 e. The Balaban J connectivity index is 1.52. The van der Waals surface area contributed by atoms with Crippen LogP contribution in [0.15, 0.2) is 53.0 Å². The maximum absolute atomic E-state index is 12.6. The monoisotopic (exact) mass is 442 g/mol. The van der Waals surface area contributed by atoms with Crippen molar-refractivity contribution in [3.8, 4) is 5.75 Å². The molecule has 0 aliphatic carbocycles. The minimum atomic E-state index is -0.508. The number of carbonyl (C=O) groups excluding carboxylic acids is 2. The molecular formula is C22H26N4O4S. The van der Waals surface area contributed by atoms with E-state index in [1.165, 1.54) is 18.4 Å². The van der Waals surface area contributed by atoms with E-state index >= 15 is 0 Å². The van der Waals surface area contributed by atoms with Gasteiger partial charge in [0.05, 0.1) is 31.5 Å². The summed E-state index contributed by atoms with van der Waals surface area (Å²) >= 11 is 1.50. The van der Waals surface area contributed by atoms with E-state index in [-0.39, 0.29) is 6.03 Å². The van der Waals surface area contributed by atoms with Crippen LogP contribution in [0.3, 0.4) is 0 Å². The Kier molecular flexibility index (Phi) is 6.43. The molecule has 0 radical (unpaired) electrons. The number of methoxy groups -OCH3 is 2. The number of rotatable bonds is 6. The van der Waals surface area contributed by atoms with Gasteiger partial charge < -0.3 is 25.0 Å². The first kappa shape index (κ1) is 21.2. The van der Waals surface area contributed by atoms with Crippen LogP contribution in [0.5, 0.6) is 5.75 Å². The molecule has 9 heteroatoms. The van der Waals surface area contributed by atoms with Crippen molar-refractivity contribution in [1.29, 1.82) is 0 Å². The number of ether oxygens (including phenoxy) is 2. The Morgan fingerprint density at radius 2 is 1.90 bits per heavy atom. The molecule has 2 N–H and O–H groups in total. The third kappa shape index (κ3) is 4.52. The number of piperazine rings is 1. The van der Waals surface area contributed by atoms with E-state index in [9.17, 15) is 9.59 Å². The first-order valence-electron chi connectivity index (χ1n) is 10.1. The van der Waals surface area contributed by atoms with Gasteiger partial charge in [-0.3, -0.25) is 4.90 Å². The molecule has 2 amide bonds. The SMILES string of the molecule is COC(=O)C1=C(CN2CCN(c3ccccc3OC)CC2)NC(=O)NC1c1cccs1. The normalized spacial score (nSPS) is 19.6. The maximum Gasteiger partial charge on any atom is 0.338 e. The van der Waals surface area contributed by atoms with E-state index in [0.29, 0.717) is 17.8 Å². The molecule has 1 atom stereocenters. The zero-order valence-electron chi connectivity index (χ0n) is 17.6. The highest BCUT2D eigenvalue weighted by molar-refractivity contribution is 7.10. The van der Waals surface area contributed by atoms with Gasteiger partial charge in [0.25, 0.3) is 0 Å². The van der Waals surface area contributed by atoms with Gasteiger partial charge in [-0.15, -0.1) is 11.3 Å². The first-order valence-corrected chi connectivity index (χ1v) is 11.0. The number of esters is 1. The minimum Gasteiger partial charge on any atom is -0.495 e. The summed E-state index contributed by atoms with van der Waals surface area (Å²) in [6, 6.07) is 11.0. The lowest BCUT2D eigenvalue weighted by Gasteiger charge is -2.38. The van der Waals surface area contributed by atoms with Gasteiger partial charge in [-0.1, -0.05) is 18.2 Å². The molecule has 3 heterocycles. The number of hydrogen-bond donors (Lipinski definition) is 2. The predicted molar refractivity (Wildman–Crippen MR) is 119 cm³/mol. The fourth-order valence-corrected chi connectivity index (χ4v) is 4.81. The number of anilines is 1. The lowest BCUT2D eigenvalue weighted by molar-refractivity contribution is -0.136. The molecule has 0 spiro atoms. The van der Waals surface area contributed by atoms with Gasteiger partial charge in [-0.2, -0.15) is 0 Å². The van der Waals surface area contributed by atoms with Crippen LogP contribution in [-0.2, 0) is 9.53 Å². The number of para-hydroxylation sites is 2. The van der Waals surface area contributed by atoms with Crippen LogP contribution in [0.4, 0.5) is 10.5 Å². The molecule has 1 fully saturated rings. The Hall–Kier alpha value is -3.04. The van der Waals surface area contributed by atoms with Gasteiger partial charge in [0.1, 0.15) is 5.75 Å². The standard InChI is InChI=1S/C22H26N4O4S/c1-29-17-7-4-3-6-16(17)26-11-9-25(10-12-26)14-15-19(21(27)30-2)20(24-22(28)23-15)18-8-5-13-31-18/h3-8,13,20H,9-12,14H2,1-2H3,(H2,23,24,28). The van der Waals surface area contributed by atoms with Gasteiger partial charge >= 0.3 is 12.0 Å². The summed E-state index contributed by atoms with van der Waals surface area (Å²) < 4.78 is 10.5. The molecule has 1 aromatic carbocycles. The van der Waals surface area contributed by atoms with Gasteiger partial charge in [0.15, 0.2) is 0 Å². The summed E-state index contributed by atoms with van der Waals surface area (Å²) in [6.07, 6.45) is 0. The van der Waals surface area contributed by atoms with Crippen molar-refractivity contribution in [2.24, 2.45) is 0 Å². The van der Waals surface area contributed by atoms with Crippen LogP contribution >= 0.6 is 11.3 Å². The Morgan fingerprint density at radius 1 is 1.13 bits per heavy atom. The van der Waals surface area contributed by atoms with Crippen LogP contribution in [0.25, 0.3) is 0 Å². The van der Waals surface area contributed by atoms with Gasteiger partial charge in [0.2, 0.25) is 0 Å². The quantitative estimate of drug-likeness (QED) is 0.669. The molecule has 2 aliphatic rings. The lowest BCUT2D eigenvalue weighted by atomic mass is 10.0. The molecule has 2 aliphatic heterocycles. The van der Waals surface area contributed by atoms with Crippen molar-refractivity contribution in [3.63, 3.8) is 0 Å². The number of urea groups is 1. The van der Waals surface area contributed by atoms with Crippen LogP contribution in [0.2, 0.25) is 0 Å². The summed E-state index contributed by atoms with van der Waals surface area (Å²) in [5.41, 5.74) is 2.13. The summed E-state index contributed by atoms with van der Waals surface area (Å²) in [5.74, 6) is 0.421. The molecule has 1 unspecified atom stereocenters. The summed E-state index contributed by atoms with van der Waals surface area (Å²) in [5, 5.41) is 7.62. The topological polar surface area (TPSA) is 83.1 Å². The van der Waals surface area contributed by atoms with Crippen LogP contribution < -0.4 is 20.3 Å². The molecule has 0 saturated carbocycles. The van der Waals surface area contributed by atoms with E-state index in [1.807, 2.05) is 35.7 Å². The second kappa shape index (κ2) is 9.40. The fraction of sp³-hybridized carbons (Fsp3) is 0.364. The summed E-state index contributed by atoms with van der Waals surface area (Å²) in [7, 11) is 3.04. The minimum absolute atomic E-state index is 0.311. The Labute approximate surface area is 185 Å². The average Bonchev–Trinajstić information content (AvgIpc) is 3.34. The molecule has 164 valence electrons. The molecule has 1 aromatic heterocycles. The number of thiophene rings is 1. The van der Waals surface area contributed by atoms with Gasteiger partial charge in [-0.05, 0) is 23.6 Å². The molecule has 8 nitrogen and oxygen atoms in total. The smallest absolute Gasteiger partial charge is 0.338 e. The maximum atomic E-state index is 12.6. The fourth-order valence-electron chi connectivity index (χ4n) is 4.02. The van der Waals surface area contributed by atoms with E-state index in [0.717, 1.165) is 42.5 Å². The predicted octanol–water partition coefficient (Wildman–Crippen LogP) is 2.36. The molecule has 0 bridgehead atoms. The number of nitrogens with one attached hydrogen (secondary N) is 2. The van der Waals surface area contributed by atoms with Crippen molar-refractivity contribution < 1.29 is 19.1 Å². The third-order valence-corrected chi connectivity index (χ3v) is 6.50. The Bertz CT molecular complexity index is 968. The zero-order valence-corrected chi connectivity index (χ0v) is 18.4. The van der Waals surface area contributed by atoms with E-state index in [1.54, 1.807) is 7.11 Å². The second-order valence-corrected chi connectivity index (χ2v) is 8.35. The van der Waals surface area contributed by atoms with Crippen molar-refractivity contribution in [2.75, 3.05) is 51.8 Å². The van der Waals surface area contributed by atoms with Gasteiger partial charge in [-0.25, -0.2) is 9.59 Å². The molecule has 31 heavy (non-hydrogen) atoms. The van der Waals surface area contributed by atoms with Crippen molar-refractivity contribution in [2.45, 2.75) is 6.04 Å². The number of nitrogens with zero attached hydrogens (tertiary/aromatic N) is 2. The van der Waals surface area contributed by atoms with Crippen molar-refractivity contribution in [3.05, 3.63) is 57.9 Å². The lowest BCUT2D eigenvalue weighted by Crippen LogP contribution is -2.51. The van der Waals surface area contributed by atoms with Crippen molar-refractivity contribution in [1.82, 2.24) is 15.5 Å². The van der Waals surface area contributed by atoms with E-state index in [2.05, 4.69) is 26.5 Å². The van der Waals surface area contributed by atoms with Crippen LogP contribution in [0, 0.1) is 0 Å². The van der Waals surface area contributed by atoms with Crippen LogP contribution in [0.1, 0.15) is 10.9 Å². The highest BCUT2D eigenvalue weighted by atomic mass is 32.1. The summed E-state index contributed by atoms with van der Waals surface area (Å²) in [4.78, 5) is 30.4. The number of carbonyl (C=O) groups is 2. The third-order valence-electron chi connectivity index (χ3n) is 5.57. The highest BCUT2D eigenvalue weighted by Crippen LogP contribution is 2.32. The molecule has 1 saturated heterocycles. The molecular weight excluding hydrogens is 416 g/mol. The molecule has 4 rings (SSSR count). The van der Waals surface area contributed by atoms with Crippen molar-refractivity contribution >= 4 is 29.0 Å². The first-order chi connectivity index (χ1) is 15.1. The van der Waals surface area contributed by atoms with E-state index in [4.69, 9.17) is 9.47 Å². The number of benzene rings is 1. The number of amides is 2. The zero-order chi connectivity index (χ0) is 21.8. The van der Waals surface area contributed by atoms with E-state index < -0.39 is 12.0 Å². The number of hydrogen-bond acceptors (Lipinski definition) is 7. The molecule has 2 aromatic rings. The summed E-state index contributed by atoms with van der Waals surface area (Å²) in [6.45, 7) is 3.70. The van der Waals surface area contributed by atoms with Gasteiger partial charge in [0, 0.05) is 43.3 Å². The Morgan fingerprint density at radius 3 is 2.58 bits per heavy atom. The average molecular weight is 443 g/mol. The van der Waals surface area contributed by atoms with Crippen LogP contribution in [-0.4, -0.2) is 63.8 Å².